The normalized spacial score (nSPS) is 11.0. The van der Waals surface area contributed by atoms with Crippen molar-refractivity contribution in [3.63, 3.8) is 0 Å². The van der Waals surface area contributed by atoms with Gasteiger partial charge in [0, 0.05) is 0 Å². The van der Waals surface area contributed by atoms with Crippen molar-refractivity contribution < 1.29 is 9.53 Å². The van der Waals surface area contributed by atoms with Crippen molar-refractivity contribution in [2.75, 3.05) is 6.61 Å². The average molecular weight is 308 g/mol. The van der Waals surface area contributed by atoms with Gasteiger partial charge in [-0.15, -0.1) is 0 Å². The van der Waals surface area contributed by atoms with Crippen LogP contribution in [-0.4, -0.2) is 12.4 Å². The summed E-state index contributed by atoms with van der Waals surface area (Å²) < 4.78 is 5.70. The van der Waals surface area contributed by atoms with E-state index in [1.54, 1.807) is 6.92 Å². The molecule has 0 N–H and O–H groups in total. The maximum absolute atomic E-state index is 12.7. The summed E-state index contributed by atoms with van der Waals surface area (Å²) in [5, 5.41) is 0. The minimum atomic E-state index is -0.737. The van der Waals surface area contributed by atoms with Crippen LogP contribution < -0.4 is 0 Å². The van der Waals surface area contributed by atoms with Gasteiger partial charge in [0.1, 0.15) is 11.5 Å². The van der Waals surface area contributed by atoms with Gasteiger partial charge < -0.3 is 4.74 Å². The minimum absolute atomic E-state index is 0.0867. The monoisotopic (exact) mass is 308 g/mol. The first-order chi connectivity index (χ1) is 11.1. The number of Topliss-reactive ketones (excluding diaryl/α,β-unsaturated/α-hetero) is 1. The third-order valence-corrected chi connectivity index (χ3v) is 4.22. The highest BCUT2D eigenvalue weighted by atomic mass is 16.5. The van der Waals surface area contributed by atoms with Crippen molar-refractivity contribution in [2.45, 2.75) is 26.7 Å². The predicted molar refractivity (Wildman–Crippen MR) is 94.2 cm³/mol. The van der Waals surface area contributed by atoms with Gasteiger partial charge in [-0.05, 0) is 37.8 Å². The number of rotatable bonds is 8. The molecule has 23 heavy (non-hydrogen) atoms. The molecule has 0 unspecified atom stereocenters. The molecule has 0 aliphatic heterocycles. The van der Waals surface area contributed by atoms with Gasteiger partial charge >= 0.3 is 0 Å². The number of ketones is 1. The Morgan fingerprint density at radius 3 is 1.74 bits per heavy atom. The topological polar surface area (TPSA) is 26.3 Å². The fraction of sp³-hybridized carbons (Fsp3) is 0.286. The second-order valence-electron chi connectivity index (χ2n) is 5.82. The summed E-state index contributed by atoms with van der Waals surface area (Å²) in [5.74, 6) is 0.642. The van der Waals surface area contributed by atoms with Gasteiger partial charge in [0.25, 0.3) is 0 Å². The van der Waals surface area contributed by atoms with Crippen molar-refractivity contribution in [3.8, 4) is 0 Å². The highest BCUT2D eigenvalue weighted by Gasteiger charge is 2.40. The van der Waals surface area contributed by atoms with Crippen LogP contribution in [0.5, 0.6) is 0 Å². The van der Waals surface area contributed by atoms with Crippen LogP contribution in [0.2, 0.25) is 0 Å². The van der Waals surface area contributed by atoms with Gasteiger partial charge in [-0.3, -0.25) is 4.79 Å². The van der Waals surface area contributed by atoms with Crippen LogP contribution in [0.4, 0.5) is 0 Å². The molecule has 0 aliphatic rings. The average Bonchev–Trinajstić information content (AvgIpc) is 2.56. The molecule has 0 spiro atoms. The third kappa shape index (κ3) is 4.10. The van der Waals surface area contributed by atoms with Crippen LogP contribution in [0, 0.1) is 5.41 Å². The van der Waals surface area contributed by atoms with Gasteiger partial charge in [-0.2, -0.15) is 0 Å². The summed E-state index contributed by atoms with van der Waals surface area (Å²) in [4.78, 5) is 12.7. The van der Waals surface area contributed by atoms with Crippen molar-refractivity contribution in [3.05, 3.63) is 84.1 Å². The van der Waals surface area contributed by atoms with Crippen molar-refractivity contribution >= 4 is 5.78 Å². The first kappa shape index (κ1) is 17.0. The lowest BCUT2D eigenvalue weighted by Crippen LogP contribution is -2.37. The van der Waals surface area contributed by atoms with E-state index in [0.717, 1.165) is 11.1 Å². The van der Waals surface area contributed by atoms with E-state index in [-0.39, 0.29) is 5.78 Å². The zero-order valence-corrected chi connectivity index (χ0v) is 13.9. The highest BCUT2D eigenvalue weighted by molar-refractivity contribution is 5.85. The molecular formula is C21H24O2. The van der Waals surface area contributed by atoms with E-state index in [4.69, 9.17) is 4.74 Å². The van der Waals surface area contributed by atoms with E-state index >= 15 is 0 Å². The molecule has 0 aromatic heterocycles. The Hall–Kier alpha value is -2.35. The molecule has 0 bridgehead atoms. The molecular weight excluding hydrogens is 284 g/mol. The Labute approximate surface area is 138 Å². The van der Waals surface area contributed by atoms with Gasteiger partial charge in [0.2, 0.25) is 0 Å². The van der Waals surface area contributed by atoms with Crippen LogP contribution >= 0.6 is 0 Å². The second kappa shape index (κ2) is 7.77. The maximum atomic E-state index is 12.7. The van der Waals surface area contributed by atoms with E-state index in [0.29, 0.717) is 25.2 Å². The zero-order chi connectivity index (χ0) is 16.7. The summed E-state index contributed by atoms with van der Waals surface area (Å²) >= 11 is 0. The van der Waals surface area contributed by atoms with Crippen LogP contribution in [0.3, 0.4) is 0 Å². The lowest BCUT2D eigenvalue weighted by Gasteiger charge is -2.33. The Bertz CT molecular complexity index is 603. The number of ether oxygens (including phenoxy) is 1. The molecule has 0 saturated heterocycles. The smallest absolute Gasteiger partial charge is 0.144 e. The molecule has 0 amide bonds. The lowest BCUT2D eigenvalue weighted by atomic mass is 9.72. The summed E-state index contributed by atoms with van der Waals surface area (Å²) in [6.45, 7) is 8.15. The standard InChI is InChI=1S/C21H24O2/c1-4-23-18(3)21(17(2)22,15-19-11-7-5-8-12-19)16-20-13-9-6-10-14-20/h5-14H,3-4,15-16H2,1-2H3. The zero-order valence-electron chi connectivity index (χ0n) is 13.9. The Kier molecular flexibility index (Phi) is 5.75. The molecule has 0 radical (unpaired) electrons. The first-order valence-electron chi connectivity index (χ1n) is 7.99. The van der Waals surface area contributed by atoms with Crippen LogP contribution in [-0.2, 0) is 22.4 Å². The second-order valence-corrected chi connectivity index (χ2v) is 5.82. The van der Waals surface area contributed by atoms with Crippen LogP contribution in [0.1, 0.15) is 25.0 Å². The molecule has 0 fully saturated rings. The highest BCUT2D eigenvalue weighted by Crippen LogP contribution is 2.36. The third-order valence-electron chi connectivity index (χ3n) is 4.22. The van der Waals surface area contributed by atoms with E-state index in [2.05, 4.69) is 6.58 Å². The Morgan fingerprint density at radius 1 is 0.957 bits per heavy atom. The summed E-state index contributed by atoms with van der Waals surface area (Å²) in [5.41, 5.74) is 1.48. The number of allylic oxidation sites excluding steroid dienone is 1. The SMILES string of the molecule is C=C(OCC)C(Cc1ccccc1)(Cc1ccccc1)C(C)=O. The van der Waals surface area contributed by atoms with E-state index in [1.165, 1.54) is 0 Å². The lowest BCUT2D eigenvalue weighted by molar-refractivity contribution is -0.126. The van der Waals surface area contributed by atoms with Crippen molar-refractivity contribution in [2.24, 2.45) is 5.41 Å². The molecule has 2 aromatic carbocycles. The Morgan fingerprint density at radius 2 is 1.39 bits per heavy atom. The van der Waals surface area contributed by atoms with Gasteiger partial charge in [-0.1, -0.05) is 67.2 Å². The number of hydrogen-bond acceptors (Lipinski definition) is 2. The van der Waals surface area contributed by atoms with Crippen LogP contribution in [0.25, 0.3) is 0 Å². The van der Waals surface area contributed by atoms with Gasteiger partial charge in [0.05, 0.1) is 12.0 Å². The summed E-state index contributed by atoms with van der Waals surface area (Å²) in [6.07, 6.45) is 1.19. The molecule has 0 atom stereocenters. The van der Waals surface area contributed by atoms with Gasteiger partial charge in [0.15, 0.2) is 0 Å². The first-order valence-corrected chi connectivity index (χ1v) is 7.99. The minimum Gasteiger partial charge on any atom is -0.498 e. The summed E-state index contributed by atoms with van der Waals surface area (Å²) in [7, 11) is 0. The fourth-order valence-corrected chi connectivity index (χ4v) is 2.91. The largest absolute Gasteiger partial charge is 0.498 e. The molecule has 2 rings (SSSR count). The number of benzene rings is 2. The number of carbonyl (C=O) groups is 1. The number of carbonyl (C=O) groups excluding carboxylic acids is 1. The quantitative estimate of drug-likeness (QED) is 0.666. The molecule has 0 aliphatic carbocycles. The van der Waals surface area contributed by atoms with E-state index in [9.17, 15) is 4.79 Å². The molecule has 2 nitrogen and oxygen atoms in total. The van der Waals surface area contributed by atoms with E-state index in [1.807, 2.05) is 67.6 Å². The molecule has 0 saturated carbocycles. The maximum Gasteiger partial charge on any atom is 0.144 e. The van der Waals surface area contributed by atoms with Crippen molar-refractivity contribution in [1.82, 2.24) is 0 Å². The van der Waals surface area contributed by atoms with E-state index < -0.39 is 5.41 Å². The predicted octanol–water partition coefficient (Wildman–Crippen LogP) is 4.60. The Balaban J connectivity index is 2.42. The number of hydrogen-bond donors (Lipinski definition) is 0. The molecule has 0 heterocycles. The van der Waals surface area contributed by atoms with Gasteiger partial charge in [-0.25, -0.2) is 0 Å². The molecule has 120 valence electrons. The fourth-order valence-electron chi connectivity index (χ4n) is 2.91. The van der Waals surface area contributed by atoms with Crippen molar-refractivity contribution in [1.29, 1.82) is 0 Å². The molecule has 2 heteroatoms. The molecule has 2 aromatic rings. The summed E-state index contributed by atoms with van der Waals surface area (Å²) in [6, 6.07) is 20.1. The van der Waals surface area contributed by atoms with Crippen LogP contribution in [0.15, 0.2) is 73.0 Å².